The molecule has 0 spiro atoms. The van der Waals surface area contributed by atoms with Crippen molar-refractivity contribution >= 4 is 0 Å². The Kier molecular flexibility index (Phi) is 5.31. The van der Waals surface area contributed by atoms with Gasteiger partial charge in [0.15, 0.2) is 0 Å². The summed E-state index contributed by atoms with van der Waals surface area (Å²) in [6, 6.07) is 19.6. The second kappa shape index (κ2) is 7.62. The van der Waals surface area contributed by atoms with Gasteiger partial charge in [-0.15, -0.1) is 0 Å². The molecule has 3 rings (SSSR count). The minimum Gasteiger partial charge on any atom is -0.496 e. The van der Waals surface area contributed by atoms with Gasteiger partial charge >= 0.3 is 0 Å². The lowest BCUT2D eigenvalue weighted by Gasteiger charge is -2.37. The number of hydrogen-bond acceptors (Lipinski definition) is 3. The van der Waals surface area contributed by atoms with Crippen LogP contribution in [0.1, 0.15) is 23.5 Å². The third-order valence-electron chi connectivity index (χ3n) is 4.79. The first-order valence-electron chi connectivity index (χ1n) is 8.36. The summed E-state index contributed by atoms with van der Waals surface area (Å²) in [5.41, 5.74) is 2.65. The fourth-order valence-corrected chi connectivity index (χ4v) is 3.49. The van der Waals surface area contributed by atoms with E-state index in [0.29, 0.717) is 12.0 Å². The first-order chi connectivity index (χ1) is 11.3. The van der Waals surface area contributed by atoms with Crippen LogP contribution in [0, 0.1) is 0 Å². The van der Waals surface area contributed by atoms with Crippen LogP contribution in [-0.4, -0.2) is 38.2 Å². The number of ether oxygens (including phenoxy) is 1. The van der Waals surface area contributed by atoms with Crippen LogP contribution in [0.5, 0.6) is 5.75 Å². The zero-order chi connectivity index (χ0) is 16.1. The summed E-state index contributed by atoms with van der Waals surface area (Å²) in [7, 11) is 3.95. The molecule has 2 atom stereocenters. The van der Waals surface area contributed by atoms with E-state index in [1.165, 1.54) is 17.5 Å². The molecule has 2 aromatic carbocycles. The van der Waals surface area contributed by atoms with Crippen LogP contribution in [0.4, 0.5) is 0 Å². The van der Waals surface area contributed by atoms with Crippen molar-refractivity contribution in [2.24, 2.45) is 0 Å². The molecule has 1 aliphatic rings. The Morgan fingerprint density at radius 2 is 1.83 bits per heavy atom. The van der Waals surface area contributed by atoms with Crippen molar-refractivity contribution in [3.8, 4) is 5.75 Å². The maximum Gasteiger partial charge on any atom is 0.123 e. The number of nitrogens with one attached hydrogen (secondary N) is 1. The van der Waals surface area contributed by atoms with Crippen molar-refractivity contribution in [1.29, 1.82) is 0 Å². The topological polar surface area (TPSA) is 24.5 Å². The zero-order valence-corrected chi connectivity index (χ0v) is 14.0. The Hall–Kier alpha value is -1.84. The number of likely N-dealkylation sites (N-methyl/N-ethyl adjacent to an activating group) is 1. The average Bonchev–Trinajstić information content (AvgIpc) is 2.61. The second-order valence-corrected chi connectivity index (χ2v) is 6.37. The van der Waals surface area contributed by atoms with E-state index in [4.69, 9.17) is 4.74 Å². The lowest BCUT2D eigenvalue weighted by Crippen LogP contribution is -2.46. The minimum absolute atomic E-state index is 0.499. The molecule has 2 unspecified atom stereocenters. The van der Waals surface area contributed by atoms with Gasteiger partial charge in [0.05, 0.1) is 7.11 Å². The molecular formula is C20H26N2O. The predicted molar refractivity (Wildman–Crippen MR) is 94.9 cm³/mol. The third kappa shape index (κ3) is 3.92. The van der Waals surface area contributed by atoms with Gasteiger partial charge in [-0.05, 0) is 31.6 Å². The van der Waals surface area contributed by atoms with Gasteiger partial charge in [0.1, 0.15) is 5.75 Å². The number of likely N-dealkylation sites (tertiary alicyclic amines) is 1. The first kappa shape index (κ1) is 16.0. The van der Waals surface area contributed by atoms with Crippen LogP contribution in [0.2, 0.25) is 0 Å². The van der Waals surface area contributed by atoms with E-state index in [-0.39, 0.29) is 0 Å². The number of methoxy groups -OCH3 is 1. The molecule has 1 saturated heterocycles. The molecular weight excluding hydrogens is 284 g/mol. The van der Waals surface area contributed by atoms with Crippen LogP contribution in [-0.2, 0) is 6.54 Å². The predicted octanol–water partition coefficient (Wildman–Crippen LogP) is 3.27. The number of rotatable bonds is 5. The highest BCUT2D eigenvalue weighted by atomic mass is 16.5. The zero-order valence-electron chi connectivity index (χ0n) is 14.0. The van der Waals surface area contributed by atoms with Gasteiger partial charge < -0.3 is 15.0 Å². The summed E-state index contributed by atoms with van der Waals surface area (Å²) in [4.78, 5) is 2.43. The van der Waals surface area contributed by atoms with E-state index in [0.717, 1.165) is 25.4 Å². The molecule has 2 aromatic rings. The molecule has 1 fully saturated rings. The summed E-state index contributed by atoms with van der Waals surface area (Å²) in [5.74, 6) is 1.49. The van der Waals surface area contributed by atoms with Gasteiger partial charge in [-0.1, -0.05) is 48.5 Å². The highest BCUT2D eigenvalue weighted by Crippen LogP contribution is 2.27. The fraction of sp³-hybridized carbons (Fsp3) is 0.400. The molecule has 1 N–H and O–H groups in total. The molecule has 0 radical (unpaired) electrons. The third-order valence-corrected chi connectivity index (χ3v) is 4.79. The second-order valence-electron chi connectivity index (χ2n) is 6.37. The first-order valence-corrected chi connectivity index (χ1v) is 8.36. The SMILES string of the molecule is COc1ccccc1CNC1CCN(C)CC1c1ccccc1. The van der Waals surface area contributed by atoms with Crippen LogP contribution >= 0.6 is 0 Å². The Balaban J connectivity index is 1.72. The Morgan fingerprint density at radius 1 is 1.09 bits per heavy atom. The summed E-state index contributed by atoms with van der Waals surface area (Å²) in [6.07, 6.45) is 1.17. The largest absolute Gasteiger partial charge is 0.496 e. The van der Waals surface area contributed by atoms with Gasteiger partial charge in [-0.25, -0.2) is 0 Å². The van der Waals surface area contributed by atoms with Gasteiger partial charge in [0.2, 0.25) is 0 Å². The minimum atomic E-state index is 0.499. The Bertz CT molecular complexity index is 614. The van der Waals surface area contributed by atoms with Crippen molar-refractivity contribution < 1.29 is 4.74 Å². The number of para-hydroxylation sites is 1. The molecule has 23 heavy (non-hydrogen) atoms. The van der Waals surface area contributed by atoms with Gasteiger partial charge in [0.25, 0.3) is 0 Å². The Morgan fingerprint density at radius 3 is 2.61 bits per heavy atom. The van der Waals surface area contributed by atoms with E-state index >= 15 is 0 Å². The van der Waals surface area contributed by atoms with E-state index in [9.17, 15) is 0 Å². The monoisotopic (exact) mass is 310 g/mol. The van der Waals surface area contributed by atoms with Gasteiger partial charge in [-0.3, -0.25) is 0 Å². The quantitative estimate of drug-likeness (QED) is 0.917. The number of nitrogens with zero attached hydrogens (tertiary/aromatic N) is 1. The number of benzene rings is 2. The van der Waals surface area contributed by atoms with Crippen molar-refractivity contribution in [2.75, 3.05) is 27.2 Å². The normalized spacial score (nSPS) is 22.0. The molecule has 1 aliphatic heterocycles. The maximum absolute atomic E-state index is 5.47. The van der Waals surface area contributed by atoms with Gasteiger partial charge in [-0.2, -0.15) is 0 Å². The molecule has 0 aliphatic carbocycles. The smallest absolute Gasteiger partial charge is 0.123 e. The van der Waals surface area contributed by atoms with Crippen LogP contribution in [0.15, 0.2) is 54.6 Å². The molecule has 122 valence electrons. The molecule has 3 heteroatoms. The van der Waals surface area contributed by atoms with Crippen molar-refractivity contribution in [1.82, 2.24) is 10.2 Å². The Labute approximate surface area is 139 Å². The number of hydrogen-bond donors (Lipinski definition) is 1. The summed E-state index contributed by atoms with van der Waals surface area (Å²) < 4.78 is 5.47. The fourth-order valence-electron chi connectivity index (χ4n) is 3.49. The van der Waals surface area contributed by atoms with Gasteiger partial charge in [0, 0.05) is 30.6 Å². The van der Waals surface area contributed by atoms with Crippen LogP contribution in [0.3, 0.4) is 0 Å². The molecule has 0 bridgehead atoms. The van der Waals surface area contributed by atoms with E-state index < -0.39 is 0 Å². The maximum atomic E-state index is 5.47. The highest BCUT2D eigenvalue weighted by Gasteiger charge is 2.28. The summed E-state index contributed by atoms with van der Waals surface area (Å²) in [5, 5.41) is 3.78. The lowest BCUT2D eigenvalue weighted by atomic mass is 9.86. The average molecular weight is 310 g/mol. The lowest BCUT2D eigenvalue weighted by molar-refractivity contribution is 0.205. The van der Waals surface area contributed by atoms with Crippen molar-refractivity contribution in [3.63, 3.8) is 0 Å². The summed E-state index contributed by atoms with van der Waals surface area (Å²) in [6.45, 7) is 3.10. The molecule has 0 saturated carbocycles. The van der Waals surface area contributed by atoms with Crippen LogP contribution in [0.25, 0.3) is 0 Å². The highest BCUT2D eigenvalue weighted by molar-refractivity contribution is 5.33. The van der Waals surface area contributed by atoms with Crippen molar-refractivity contribution in [2.45, 2.75) is 24.9 Å². The summed E-state index contributed by atoms with van der Waals surface area (Å²) >= 11 is 0. The molecule has 0 aromatic heterocycles. The molecule has 0 amide bonds. The van der Waals surface area contributed by atoms with E-state index in [1.54, 1.807) is 7.11 Å². The standard InChI is InChI=1S/C20H26N2O/c1-22-13-12-19(18(15-22)16-8-4-3-5-9-16)21-14-17-10-6-7-11-20(17)23-2/h3-11,18-19,21H,12-15H2,1-2H3. The molecule has 1 heterocycles. The number of piperidine rings is 1. The van der Waals surface area contributed by atoms with E-state index in [1.807, 2.05) is 12.1 Å². The molecule has 3 nitrogen and oxygen atoms in total. The van der Waals surface area contributed by atoms with E-state index in [2.05, 4.69) is 59.7 Å². The van der Waals surface area contributed by atoms with Crippen molar-refractivity contribution in [3.05, 3.63) is 65.7 Å². The van der Waals surface area contributed by atoms with Crippen LogP contribution < -0.4 is 10.1 Å².